The zero-order valence-corrected chi connectivity index (χ0v) is 24.3. The number of ether oxygens (including phenoxy) is 2. The lowest BCUT2D eigenvalue weighted by Gasteiger charge is -2.26. The number of rotatable bonds is 10. The number of hydrogen-bond donors (Lipinski definition) is 0. The Bertz CT molecular complexity index is 1370. The predicted molar refractivity (Wildman–Crippen MR) is 155 cm³/mol. The highest BCUT2D eigenvalue weighted by molar-refractivity contribution is 7.89. The van der Waals surface area contributed by atoms with Gasteiger partial charge in [-0.3, -0.25) is 4.90 Å². The number of benzene rings is 2. The average Bonchev–Trinajstić information content (AvgIpc) is 3.37. The minimum atomic E-state index is -3.46. The van der Waals surface area contributed by atoms with Crippen molar-refractivity contribution in [2.75, 3.05) is 52.5 Å². The molecule has 0 unspecified atom stereocenters. The third kappa shape index (κ3) is 6.99. The quantitative estimate of drug-likeness (QED) is 0.352. The molecular formula is C29H38N4O4S2. The predicted octanol–water partition coefficient (Wildman–Crippen LogP) is 4.74. The van der Waals surface area contributed by atoms with Gasteiger partial charge in [-0.1, -0.05) is 18.6 Å². The van der Waals surface area contributed by atoms with E-state index in [2.05, 4.69) is 14.8 Å². The van der Waals surface area contributed by atoms with E-state index in [0.717, 1.165) is 92.6 Å². The smallest absolute Gasteiger partial charge is 0.243 e. The molecule has 5 rings (SSSR count). The lowest BCUT2D eigenvalue weighted by molar-refractivity contribution is 0.0369. The number of morpholine rings is 1. The minimum Gasteiger partial charge on any atom is -0.494 e. The average molecular weight is 571 g/mol. The Hall–Kier alpha value is -2.50. The van der Waals surface area contributed by atoms with Gasteiger partial charge >= 0.3 is 0 Å². The normalized spacial score (nSPS) is 17.9. The number of piperidine rings is 1. The Morgan fingerprint density at radius 3 is 2.33 bits per heavy atom. The molecule has 1 aromatic heterocycles. The Kier molecular flexibility index (Phi) is 9.52. The Morgan fingerprint density at radius 1 is 0.923 bits per heavy atom. The number of nitrogens with zero attached hydrogens (tertiary/aromatic N) is 4. The zero-order chi connectivity index (χ0) is 27.1. The molecule has 10 heteroatoms. The van der Waals surface area contributed by atoms with Gasteiger partial charge in [-0.25, -0.2) is 13.4 Å². The summed E-state index contributed by atoms with van der Waals surface area (Å²) in [4.78, 5) is 8.69. The van der Waals surface area contributed by atoms with E-state index in [9.17, 15) is 8.42 Å². The van der Waals surface area contributed by atoms with E-state index < -0.39 is 10.0 Å². The van der Waals surface area contributed by atoms with Crippen molar-refractivity contribution >= 4 is 27.0 Å². The van der Waals surface area contributed by atoms with E-state index in [1.807, 2.05) is 43.3 Å². The molecule has 0 atom stereocenters. The van der Waals surface area contributed by atoms with Crippen LogP contribution < -0.4 is 9.54 Å². The molecule has 0 spiro atoms. The molecule has 8 nitrogen and oxygen atoms in total. The summed E-state index contributed by atoms with van der Waals surface area (Å²) < 4.78 is 41.3. The van der Waals surface area contributed by atoms with Crippen molar-refractivity contribution in [3.8, 4) is 17.0 Å². The van der Waals surface area contributed by atoms with E-state index in [1.54, 1.807) is 27.8 Å². The lowest BCUT2D eigenvalue weighted by Crippen LogP contribution is -2.37. The molecular weight excluding hydrogens is 532 g/mol. The van der Waals surface area contributed by atoms with Gasteiger partial charge < -0.3 is 14.0 Å². The topological polar surface area (TPSA) is 76.4 Å². The summed E-state index contributed by atoms with van der Waals surface area (Å²) in [5.41, 5.74) is 2.91. The summed E-state index contributed by atoms with van der Waals surface area (Å²) in [5, 5.41) is 2.12. The third-order valence-corrected chi connectivity index (χ3v) is 10.0. The first-order valence-electron chi connectivity index (χ1n) is 13.9. The van der Waals surface area contributed by atoms with Gasteiger partial charge in [-0.2, -0.15) is 4.31 Å². The molecule has 210 valence electrons. The first kappa shape index (κ1) is 28.0. The number of hydrogen-bond acceptors (Lipinski definition) is 7. The highest BCUT2D eigenvalue weighted by Gasteiger charge is 2.26. The molecule has 0 amide bonds. The fourth-order valence-corrected chi connectivity index (χ4v) is 7.56. The Balaban J connectivity index is 1.41. The monoisotopic (exact) mass is 570 g/mol. The maximum Gasteiger partial charge on any atom is 0.243 e. The van der Waals surface area contributed by atoms with E-state index in [0.29, 0.717) is 24.6 Å². The number of thiazole rings is 1. The summed E-state index contributed by atoms with van der Waals surface area (Å²) in [6, 6.07) is 15.2. The second kappa shape index (κ2) is 13.2. The van der Waals surface area contributed by atoms with Gasteiger partial charge in [0.05, 0.1) is 36.1 Å². The summed E-state index contributed by atoms with van der Waals surface area (Å²) in [6.45, 7) is 9.16. The van der Waals surface area contributed by atoms with Gasteiger partial charge in [0.1, 0.15) is 5.75 Å². The van der Waals surface area contributed by atoms with Gasteiger partial charge in [-0.05, 0) is 68.1 Å². The maximum atomic E-state index is 13.2. The standard InChI is InChI=1S/C29H38N4O4S2/c1-2-37-26-11-9-25(10-12-26)30-29-33(18-6-15-31-19-21-36-22-20-31)28(23-38-29)24-7-13-27(14-8-24)39(34,35)32-16-4-3-5-17-32/h7-14,23H,2-6,15-22H2,1H3. The molecule has 2 aliphatic heterocycles. The second-order valence-electron chi connectivity index (χ2n) is 9.89. The Labute approximate surface area is 235 Å². The molecule has 0 radical (unpaired) electrons. The SMILES string of the molecule is CCOc1ccc(N=c2scc(-c3ccc(S(=O)(=O)N4CCCCC4)cc3)n2CCCN2CCOCC2)cc1. The summed E-state index contributed by atoms with van der Waals surface area (Å²) in [6.07, 6.45) is 3.94. The highest BCUT2D eigenvalue weighted by Crippen LogP contribution is 2.26. The number of sulfonamides is 1. The molecule has 2 saturated heterocycles. The minimum absolute atomic E-state index is 0.363. The van der Waals surface area contributed by atoms with Crippen LogP contribution in [0.15, 0.2) is 63.8 Å². The molecule has 0 N–H and O–H groups in total. The van der Waals surface area contributed by atoms with Gasteiger partial charge in [0.25, 0.3) is 0 Å². The van der Waals surface area contributed by atoms with Crippen molar-refractivity contribution in [3.05, 3.63) is 58.7 Å². The van der Waals surface area contributed by atoms with Crippen LogP contribution in [0.4, 0.5) is 5.69 Å². The molecule has 0 saturated carbocycles. The molecule has 3 aromatic rings. The van der Waals surface area contributed by atoms with Crippen LogP contribution in [0.2, 0.25) is 0 Å². The molecule has 2 aliphatic rings. The molecule has 39 heavy (non-hydrogen) atoms. The third-order valence-electron chi connectivity index (χ3n) is 7.23. The van der Waals surface area contributed by atoms with Crippen molar-refractivity contribution in [2.24, 2.45) is 4.99 Å². The van der Waals surface area contributed by atoms with Crippen LogP contribution >= 0.6 is 11.3 Å². The molecule has 2 aromatic carbocycles. The van der Waals surface area contributed by atoms with Gasteiger partial charge in [-0.15, -0.1) is 11.3 Å². The van der Waals surface area contributed by atoms with Crippen molar-refractivity contribution < 1.29 is 17.9 Å². The summed E-state index contributed by atoms with van der Waals surface area (Å²) in [5.74, 6) is 0.835. The number of aromatic nitrogens is 1. The van der Waals surface area contributed by atoms with Gasteiger partial charge in [0.2, 0.25) is 10.0 Å². The fourth-order valence-electron chi connectivity index (χ4n) is 5.09. The molecule has 0 bridgehead atoms. The highest BCUT2D eigenvalue weighted by atomic mass is 32.2. The first-order chi connectivity index (χ1) is 19.0. The van der Waals surface area contributed by atoms with Crippen molar-refractivity contribution in [1.29, 1.82) is 0 Å². The van der Waals surface area contributed by atoms with Crippen LogP contribution in [-0.4, -0.2) is 74.7 Å². The van der Waals surface area contributed by atoms with E-state index in [-0.39, 0.29) is 0 Å². The van der Waals surface area contributed by atoms with Crippen molar-refractivity contribution in [1.82, 2.24) is 13.8 Å². The van der Waals surface area contributed by atoms with Crippen LogP contribution in [0.3, 0.4) is 0 Å². The molecule has 2 fully saturated rings. The maximum absolute atomic E-state index is 13.2. The lowest BCUT2D eigenvalue weighted by atomic mass is 10.1. The van der Waals surface area contributed by atoms with E-state index >= 15 is 0 Å². The molecule has 3 heterocycles. The summed E-state index contributed by atoms with van der Waals surface area (Å²) in [7, 11) is -3.46. The van der Waals surface area contributed by atoms with Crippen LogP contribution in [0.5, 0.6) is 5.75 Å². The largest absolute Gasteiger partial charge is 0.494 e. The van der Waals surface area contributed by atoms with Crippen LogP contribution in [0.1, 0.15) is 32.6 Å². The van der Waals surface area contributed by atoms with Crippen LogP contribution in [0.25, 0.3) is 11.3 Å². The van der Waals surface area contributed by atoms with Crippen molar-refractivity contribution in [3.63, 3.8) is 0 Å². The van der Waals surface area contributed by atoms with Crippen LogP contribution in [-0.2, 0) is 21.3 Å². The zero-order valence-electron chi connectivity index (χ0n) is 22.6. The van der Waals surface area contributed by atoms with Crippen LogP contribution in [0, 0.1) is 0 Å². The Morgan fingerprint density at radius 2 is 1.64 bits per heavy atom. The molecule has 0 aliphatic carbocycles. The van der Waals surface area contributed by atoms with Gasteiger partial charge in [0.15, 0.2) is 4.80 Å². The van der Waals surface area contributed by atoms with Crippen molar-refractivity contribution in [2.45, 2.75) is 44.0 Å². The van der Waals surface area contributed by atoms with Gasteiger partial charge in [0, 0.05) is 44.6 Å². The fraction of sp³-hybridized carbons (Fsp3) is 0.483. The van der Waals surface area contributed by atoms with E-state index in [1.165, 1.54) is 0 Å². The summed E-state index contributed by atoms with van der Waals surface area (Å²) >= 11 is 1.60. The first-order valence-corrected chi connectivity index (χ1v) is 16.2. The second-order valence-corrected chi connectivity index (χ2v) is 12.7. The van der Waals surface area contributed by atoms with E-state index in [4.69, 9.17) is 14.5 Å².